The van der Waals surface area contributed by atoms with E-state index >= 15 is 0 Å². The normalized spacial score (nSPS) is 7.30. The molecule has 2 N–H and O–H groups in total. The summed E-state index contributed by atoms with van der Waals surface area (Å²) in [6.07, 6.45) is 1.82. The van der Waals surface area contributed by atoms with Gasteiger partial charge in [-0.2, -0.15) is 0 Å². The lowest BCUT2D eigenvalue weighted by Gasteiger charge is -1.95. The molecule has 1 rings (SSSR count). The van der Waals surface area contributed by atoms with Gasteiger partial charge in [0.25, 0.3) is 0 Å². The molecule has 0 radical (unpaired) electrons. The number of hydrogen-bond donors (Lipinski definition) is 2. The van der Waals surface area contributed by atoms with Gasteiger partial charge in [0.1, 0.15) is 5.82 Å². The van der Waals surface area contributed by atoms with Crippen LogP contribution in [-0.2, 0) is 4.84 Å². The molecule has 0 aliphatic rings. The molecule has 0 unspecified atom stereocenters. The van der Waals surface area contributed by atoms with Crippen molar-refractivity contribution in [2.75, 3.05) is 12.6 Å². The van der Waals surface area contributed by atoms with Gasteiger partial charge in [0.2, 0.25) is 0 Å². The fourth-order valence-corrected chi connectivity index (χ4v) is 0.504. The van der Waals surface area contributed by atoms with Gasteiger partial charge < -0.3 is 4.98 Å². The molecule has 0 amide bonds. The topological polar surface area (TPSA) is 37.0 Å². The molecule has 0 spiro atoms. The molecule has 0 bridgehead atoms. The smallest absolute Gasteiger partial charge is 0.127 e. The fourth-order valence-electron chi connectivity index (χ4n) is 0.504. The SMILES string of the molecule is CONc1ccc[nH]1.Cl.Cl. The minimum Gasteiger partial charge on any atom is -0.347 e. The van der Waals surface area contributed by atoms with Crippen LogP contribution in [0.4, 0.5) is 5.82 Å². The molecule has 0 aliphatic heterocycles. The molecule has 1 heterocycles. The third-order valence-electron chi connectivity index (χ3n) is 0.810. The summed E-state index contributed by atoms with van der Waals surface area (Å²) >= 11 is 0. The number of nitrogens with one attached hydrogen (secondary N) is 2. The molecular weight excluding hydrogens is 175 g/mol. The highest BCUT2D eigenvalue weighted by atomic mass is 35.5. The zero-order valence-electron chi connectivity index (χ0n) is 5.46. The summed E-state index contributed by atoms with van der Waals surface area (Å²) in [5.74, 6) is 0.868. The molecule has 10 heavy (non-hydrogen) atoms. The monoisotopic (exact) mass is 184 g/mol. The largest absolute Gasteiger partial charge is 0.347 e. The van der Waals surface area contributed by atoms with E-state index in [-0.39, 0.29) is 24.8 Å². The van der Waals surface area contributed by atoms with Crippen molar-refractivity contribution < 1.29 is 4.84 Å². The predicted octanol–water partition coefficient (Wildman–Crippen LogP) is 1.83. The van der Waals surface area contributed by atoms with Crippen LogP contribution in [0.1, 0.15) is 0 Å². The van der Waals surface area contributed by atoms with Gasteiger partial charge in [0, 0.05) is 6.20 Å². The van der Waals surface area contributed by atoms with E-state index in [2.05, 4.69) is 15.3 Å². The number of H-pyrrole nitrogens is 1. The Morgan fingerprint density at radius 1 is 1.50 bits per heavy atom. The van der Waals surface area contributed by atoms with Crippen LogP contribution in [0.5, 0.6) is 0 Å². The molecule has 1 aromatic rings. The molecule has 5 heteroatoms. The number of anilines is 1. The van der Waals surface area contributed by atoms with Gasteiger partial charge in [-0.15, -0.1) is 24.8 Å². The lowest BCUT2D eigenvalue weighted by molar-refractivity contribution is 0.269. The minimum absolute atomic E-state index is 0. The standard InChI is InChI=1S/C5H8N2O.2ClH/c1-8-7-5-3-2-4-6-5;;/h2-4,6-7H,1H3;2*1H. The summed E-state index contributed by atoms with van der Waals surface area (Å²) in [5.41, 5.74) is 2.63. The van der Waals surface area contributed by atoms with E-state index in [0.717, 1.165) is 5.82 Å². The van der Waals surface area contributed by atoms with E-state index in [0.29, 0.717) is 0 Å². The highest BCUT2D eigenvalue weighted by Crippen LogP contribution is 1.98. The van der Waals surface area contributed by atoms with E-state index in [9.17, 15) is 0 Å². The van der Waals surface area contributed by atoms with E-state index in [4.69, 9.17) is 0 Å². The van der Waals surface area contributed by atoms with E-state index in [1.807, 2.05) is 18.3 Å². The van der Waals surface area contributed by atoms with E-state index in [1.54, 1.807) is 7.11 Å². The summed E-state index contributed by atoms with van der Waals surface area (Å²) < 4.78 is 0. The Morgan fingerprint density at radius 3 is 2.60 bits per heavy atom. The van der Waals surface area contributed by atoms with Crippen LogP contribution >= 0.6 is 24.8 Å². The van der Waals surface area contributed by atoms with Crippen LogP contribution < -0.4 is 5.48 Å². The molecule has 0 aliphatic carbocycles. The van der Waals surface area contributed by atoms with Crippen LogP contribution in [0, 0.1) is 0 Å². The van der Waals surface area contributed by atoms with Crippen LogP contribution in [-0.4, -0.2) is 12.1 Å². The molecule has 3 nitrogen and oxygen atoms in total. The zero-order valence-corrected chi connectivity index (χ0v) is 7.09. The van der Waals surface area contributed by atoms with Gasteiger partial charge >= 0.3 is 0 Å². The van der Waals surface area contributed by atoms with Crippen molar-refractivity contribution in [1.82, 2.24) is 4.98 Å². The molecule has 1 aromatic heterocycles. The first-order valence-corrected chi connectivity index (χ1v) is 2.36. The van der Waals surface area contributed by atoms with Crippen molar-refractivity contribution in [1.29, 1.82) is 0 Å². The maximum Gasteiger partial charge on any atom is 0.127 e. The van der Waals surface area contributed by atoms with Crippen molar-refractivity contribution in [3.05, 3.63) is 18.3 Å². The van der Waals surface area contributed by atoms with Gasteiger partial charge in [0.05, 0.1) is 7.11 Å². The lowest BCUT2D eigenvalue weighted by Crippen LogP contribution is -1.94. The maximum atomic E-state index is 4.60. The number of halogens is 2. The maximum absolute atomic E-state index is 4.60. The van der Waals surface area contributed by atoms with Crippen molar-refractivity contribution >= 4 is 30.6 Å². The first-order valence-electron chi connectivity index (χ1n) is 2.36. The van der Waals surface area contributed by atoms with E-state index in [1.165, 1.54) is 0 Å². The highest BCUT2D eigenvalue weighted by Gasteiger charge is 1.83. The fraction of sp³-hybridized carbons (Fsp3) is 0.200. The number of rotatable bonds is 2. The Balaban J connectivity index is 0. The Morgan fingerprint density at radius 2 is 2.20 bits per heavy atom. The Labute approximate surface area is 71.9 Å². The second-order valence-electron chi connectivity index (χ2n) is 1.39. The molecular formula is C5H10Cl2N2O. The van der Waals surface area contributed by atoms with Crippen LogP contribution in [0.15, 0.2) is 18.3 Å². The zero-order chi connectivity index (χ0) is 5.82. The minimum atomic E-state index is 0. The van der Waals surface area contributed by atoms with Crippen LogP contribution in [0.2, 0.25) is 0 Å². The third-order valence-corrected chi connectivity index (χ3v) is 0.810. The average molecular weight is 185 g/mol. The molecule has 0 saturated heterocycles. The second-order valence-corrected chi connectivity index (χ2v) is 1.39. The van der Waals surface area contributed by atoms with Gasteiger partial charge in [-0.25, -0.2) is 0 Å². The van der Waals surface area contributed by atoms with Crippen molar-refractivity contribution in [2.45, 2.75) is 0 Å². The van der Waals surface area contributed by atoms with Crippen LogP contribution in [0.25, 0.3) is 0 Å². The number of hydrogen-bond acceptors (Lipinski definition) is 2. The van der Waals surface area contributed by atoms with Crippen molar-refractivity contribution in [2.24, 2.45) is 0 Å². The van der Waals surface area contributed by atoms with Crippen molar-refractivity contribution in [3.63, 3.8) is 0 Å². The quantitative estimate of drug-likeness (QED) is 0.689. The summed E-state index contributed by atoms with van der Waals surface area (Å²) in [6.45, 7) is 0. The Bertz CT molecular complexity index is 143. The molecule has 0 aromatic carbocycles. The highest BCUT2D eigenvalue weighted by molar-refractivity contribution is 5.85. The van der Waals surface area contributed by atoms with Gasteiger partial charge in [-0.05, 0) is 12.1 Å². The second kappa shape index (κ2) is 6.74. The van der Waals surface area contributed by atoms with Gasteiger partial charge in [-0.3, -0.25) is 10.3 Å². The van der Waals surface area contributed by atoms with E-state index < -0.39 is 0 Å². The number of aromatic nitrogens is 1. The summed E-state index contributed by atoms with van der Waals surface area (Å²) in [5, 5.41) is 0. The Kier molecular flexibility index (Phi) is 8.29. The van der Waals surface area contributed by atoms with Gasteiger partial charge in [-0.1, -0.05) is 0 Å². The lowest BCUT2D eigenvalue weighted by atomic mass is 10.6. The average Bonchev–Trinajstić information content (AvgIpc) is 2.19. The molecule has 0 atom stereocenters. The van der Waals surface area contributed by atoms with Crippen molar-refractivity contribution in [3.8, 4) is 0 Å². The summed E-state index contributed by atoms with van der Waals surface area (Å²) in [6, 6.07) is 3.77. The molecule has 0 saturated carbocycles. The molecule has 60 valence electrons. The first-order chi connectivity index (χ1) is 3.93. The predicted molar refractivity (Wildman–Crippen MR) is 45.9 cm³/mol. The number of aromatic amines is 1. The first kappa shape index (κ1) is 12.3. The Hall–Kier alpha value is -0.380. The summed E-state index contributed by atoms with van der Waals surface area (Å²) in [4.78, 5) is 7.51. The van der Waals surface area contributed by atoms with Crippen LogP contribution in [0.3, 0.4) is 0 Å². The third kappa shape index (κ3) is 3.61. The molecule has 0 fully saturated rings. The summed E-state index contributed by atoms with van der Waals surface area (Å²) in [7, 11) is 1.57. The van der Waals surface area contributed by atoms with Gasteiger partial charge in [0.15, 0.2) is 0 Å².